The van der Waals surface area contributed by atoms with Crippen LogP contribution in [0.25, 0.3) is 0 Å². The Hall–Kier alpha value is -3.93. The van der Waals surface area contributed by atoms with Crippen LogP contribution in [-0.2, 0) is 41.6 Å². The van der Waals surface area contributed by atoms with Crippen molar-refractivity contribution in [2.75, 3.05) is 7.11 Å². The second-order valence-electron chi connectivity index (χ2n) is 15.5. The molecular formula is C40H56ClN3O8. The van der Waals surface area contributed by atoms with Crippen LogP contribution in [0.15, 0.2) is 54.6 Å². The molecule has 7 atom stereocenters. The smallest absolute Gasteiger partial charge is 0.347 e. The Morgan fingerprint density at radius 2 is 1.65 bits per heavy atom. The van der Waals surface area contributed by atoms with E-state index in [0.29, 0.717) is 22.9 Å². The molecule has 11 nitrogen and oxygen atoms in total. The van der Waals surface area contributed by atoms with Gasteiger partial charge in [0.1, 0.15) is 17.9 Å². The molecule has 0 aliphatic carbocycles. The Morgan fingerprint density at radius 1 is 1.02 bits per heavy atom. The number of carbonyl (C=O) groups is 4. The van der Waals surface area contributed by atoms with Gasteiger partial charge >= 0.3 is 11.9 Å². The zero-order chi connectivity index (χ0) is 39.0. The summed E-state index contributed by atoms with van der Waals surface area (Å²) in [7, 11) is 1.50. The van der Waals surface area contributed by atoms with Crippen LogP contribution in [0.1, 0.15) is 90.8 Å². The van der Waals surface area contributed by atoms with E-state index in [4.69, 9.17) is 31.5 Å². The maximum atomic E-state index is 13.9. The molecule has 52 heavy (non-hydrogen) atoms. The van der Waals surface area contributed by atoms with Crippen molar-refractivity contribution in [3.8, 4) is 5.75 Å². The second-order valence-corrected chi connectivity index (χ2v) is 15.9. The fourth-order valence-corrected chi connectivity index (χ4v) is 6.20. The SMILES string of the molecule is COc1ccc(C[C@H]2NC(=O)/C=C/C[C@@H]([C@H](C)[C@@H](O)[C@H](C)c3ccc(CN)cc3)OC(=O)[C@H](CC(C)(C)C)OC(=O)C(C)(C)[C@H](C)NC2=O)cc1Cl. The highest BCUT2D eigenvalue weighted by atomic mass is 35.5. The number of nitrogens with two attached hydrogens (primary N) is 1. The van der Waals surface area contributed by atoms with Gasteiger partial charge in [-0.15, -0.1) is 0 Å². The number of carbonyl (C=O) groups excluding carboxylic acids is 4. The summed E-state index contributed by atoms with van der Waals surface area (Å²) in [4.78, 5) is 54.7. The lowest BCUT2D eigenvalue weighted by Gasteiger charge is -2.35. The van der Waals surface area contributed by atoms with E-state index in [1.165, 1.54) is 13.2 Å². The summed E-state index contributed by atoms with van der Waals surface area (Å²) in [5, 5.41) is 17.6. The van der Waals surface area contributed by atoms with Gasteiger partial charge in [-0.05, 0) is 61.1 Å². The van der Waals surface area contributed by atoms with Crippen LogP contribution < -0.4 is 21.1 Å². The number of nitrogens with one attached hydrogen (secondary N) is 2. The molecule has 0 radical (unpaired) electrons. The third kappa shape index (κ3) is 11.5. The predicted molar refractivity (Wildman–Crippen MR) is 201 cm³/mol. The molecule has 2 aromatic carbocycles. The number of ether oxygens (including phenoxy) is 3. The van der Waals surface area contributed by atoms with E-state index in [2.05, 4.69) is 10.6 Å². The van der Waals surface area contributed by atoms with Gasteiger partial charge in [0.2, 0.25) is 11.8 Å². The number of aliphatic hydroxyl groups is 1. The largest absolute Gasteiger partial charge is 0.495 e. The fourth-order valence-electron chi connectivity index (χ4n) is 5.92. The van der Waals surface area contributed by atoms with Crippen molar-refractivity contribution >= 4 is 35.4 Å². The maximum Gasteiger partial charge on any atom is 0.347 e. The van der Waals surface area contributed by atoms with Crippen LogP contribution in [-0.4, -0.2) is 66.4 Å². The maximum absolute atomic E-state index is 13.9. The van der Waals surface area contributed by atoms with Gasteiger partial charge in [-0.25, -0.2) is 4.79 Å². The highest BCUT2D eigenvalue weighted by molar-refractivity contribution is 6.32. The first-order valence-corrected chi connectivity index (χ1v) is 18.1. The zero-order valence-corrected chi connectivity index (χ0v) is 32.6. The molecular weight excluding hydrogens is 686 g/mol. The number of esters is 2. The van der Waals surface area contributed by atoms with Gasteiger partial charge in [0.25, 0.3) is 0 Å². The molecule has 286 valence electrons. The van der Waals surface area contributed by atoms with Crippen LogP contribution in [0.2, 0.25) is 5.02 Å². The third-order valence-corrected chi connectivity index (χ3v) is 10.1. The molecule has 0 spiro atoms. The zero-order valence-electron chi connectivity index (χ0n) is 31.8. The van der Waals surface area contributed by atoms with E-state index in [1.807, 2.05) is 52.0 Å². The Kier molecular flexibility index (Phi) is 14.9. The number of hydrogen-bond acceptors (Lipinski definition) is 9. The van der Waals surface area contributed by atoms with Crippen LogP contribution in [0, 0.1) is 16.7 Å². The Morgan fingerprint density at radius 3 is 2.23 bits per heavy atom. The van der Waals surface area contributed by atoms with E-state index in [9.17, 15) is 24.3 Å². The molecule has 1 heterocycles. The molecule has 0 unspecified atom stereocenters. The summed E-state index contributed by atoms with van der Waals surface area (Å²) >= 11 is 6.35. The molecule has 1 aliphatic heterocycles. The summed E-state index contributed by atoms with van der Waals surface area (Å²) in [5.74, 6) is -3.04. The molecule has 2 amide bonds. The number of benzene rings is 2. The molecule has 12 heteroatoms. The molecule has 0 fully saturated rings. The standard InChI is InChI=1S/C40H56ClN3O8/c1-23(28-16-13-26(22-42)14-17-28)35(46)24(2)31-11-10-12-34(45)44-30(20-27-15-18-32(50-9)29(41)19-27)36(47)43-25(3)40(7,8)38(49)52-33(37(48)51-31)21-39(4,5)6/h10,12-19,23-25,30-31,33,35,46H,11,20-22,42H2,1-9H3,(H,43,47)(H,44,45)/b12-10+/t23-,24+,25+,30-,31+,33+,35+/m1/s1. The first kappa shape index (κ1) is 42.5. The van der Waals surface area contributed by atoms with Crippen LogP contribution in [0.3, 0.4) is 0 Å². The van der Waals surface area contributed by atoms with Crippen molar-refractivity contribution in [2.45, 2.75) is 118 Å². The highest BCUT2D eigenvalue weighted by Crippen LogP contribution is 2.32. The van der Waals surface area contributed by atoms with Gasteiger partial charge in [-0.2, -0.15) is 0 Å². The lowest BCUT2D eigenvalue weighted by atomic mass is 9.83. The van der Waals surface area contributed by atoms with E-state index in [1.54, 1.807) is 52.0 Å². The average Bonchev–Trinajstić information content (AvgIpc) is 3.08. The van der Waals surface area contributed by atoms with Gasteiger partial charge in [-0.1, -0.05) is 82.6 Å². The number of rotatable bonds is 9. The summed E-state index contributed by atoms with van der Waals surface area (Å²) < 4.78 is 17.2. The third-order valence-electron chi connectivity index (χ3n) is 9.85. The van der Waals surface area contributed by atoms with Crippen molar-refractivity contribution in [1.82, 2.24) is 10.6 Å². The summed E-state index contributed by atoms with van der Waals surface area (Å²) in [6.45, 7) is 14.7. The average molecular weight is 742 g/mol. The lowest BCUT2D eigenvalue weighted by molar-refractivity contribution is -0.182. The Bertz CT molecular complexity index is 1590. The number of cyclic esters (lactones) is 2. The van der Waals surface area contributed by atoms with E-state index in [0.717, 1.165) is 11.1 Å². The van der Waals surface area contributed by atoms with Crippen molar-refractivity contribution in [3.63, 3.8) is 0 Å². The molecule has 3 rings (SSSR count). The number of amides is 2. The van der Waals surface area contributed by atoms with E-state index >= 15 is 0 Å². The minimum absolute atomic E-state index is 0.0554. The molecule has 2 aromatic rings. The monoisotopic (exact) mass is 741 g/mol. The normalized spacial score (nSPS) is 24.4. The number of halogens is 1. The quantitative estimate of drug-likeness (QED) is 0.247. The highest BCUT2D eigenvalue weighted by Gasteiger charge is 2.42. The summed E-state index contributed by atoms with van der Waals surface area (Å²) in [5.41, 5.74) is 6.54. The van der Waals surface area contributed by atoms with E-state index < -0.39 is 70.9 Å². The Balaban J connectivity index is 2.02. The summed E-state index contributed by atoms with van der Waals surface area (Å²) in [6.07, 6.45) is -0.00181. The predicted octanol–water partition coefficient (Wildman–Crippen LogP) is 5.39. The van der Waals surface area contributed by atoms with Crippen LogP contribution in [0.4, 0.5) is 0 Å². The van der Waals surface area contributed by atoms with Gasteiger partial charge in [-0.3, -0.25) is 14.4 Å². The number of aliphatic hydroxyl groups excluding tert-OH is 1. The van der Waals surface area contributed by atoms with Crippen LogP contribution >= 0.6 is 11.6 Å². The van der Waals surface area contributed by atoms with Crippen molar-refractivity contribution in [2.24, 2.45) is 22.5 Å². The Labute approximate surface area is 313 Å². The van der Waals surface area contributed by atoms with Crippen molar-refractivity contribution < 1.29 is 38.5 Å². The molecule has 5 N–H and O–H groups in total. The molecule has 0 saturated carbocycles. The second kappa shape index (κ2) is 18.2. The summed E-state index contributed by atoms with van der Waals surface area (Å²) in [6, 6.07) is 10.9. The lowest BCUT2D eigenvalue weighted by Crippen LogP contribution is -2.55. The molecule has 0 bridgehead atoms. The number of hydrogen-bond donors (Lipinski definition) is 4. The van der Waals surface area contributed by atoms with Crippen molar-refractivity contribution in [3.05, 3.63) is 76.3 Å². The first-order valence-electron chi connectivity index (χ1n) is 17.8. The topological polar surface area (TPSA) is 166 Å². The van der Waals surface area contributed by atoms with Gasteiger partial charge in [0, 0.05) is 43.7 Å². The molecule has 0 saturated heterocycles. The number of methoxy groups -OCH3 is 1. The minimum Gasteiger partial charge on any atom is -0.495 e. The van der Waals surface area contributed by atoms with Gasteiger partial charge in [0.05, 0.1) is 23.7 Å². The minimum atomic E-state index is -1.29. The fraction of sp³-hybridized carbons (Fsp3) is 0.550. The molecule has 0 aromatic heterocycles. The van der Waals surface area contributed by atoms with Gasteiger partial charge in [0.15, 0.2) is 6.10 Å². The van der Waals surface area contributed by atoms with E-state index in [-0.39, 0.29) is 25.2 Å². The van der Waals surface area contributed by atoms with Crippen LogP contribution in [0.5, 0.6) is 5.75 Å². The van der Waals surface area contributed by atoms with Gasteiger partial charge < -0.3 is 35.7 Å². The first-order chi connectivity index (χ1) is 24.3. The molecule has 1 aliphatic rings. The van der Waals surface area contributed by atoms with Crippen molar-refractivity contribution in [1.29, 1.82) is 0 Å².